The highest BCUT2D eigenvalue weighted by Gasteiger charge is 2.46. The Bertz CT molecular complexity index is 953. The van der Waals surface area contributed by atoms with E-state index in [0.717, 1.165) is 11.1 Å². The van der Waals surface area contributed by atoms with Crippen molar-refractivity contribution >= 4 is 23.6 Å². The Labute approximate surface area is 154 Å². The van der Waals surface area contributed by atoms with Crippen LogP contribution in [0.25, 0.3) is 16.0 Å². The molecular formula is C18H15N5O4. The van der Waals surface area contributed by atoms with Crippen LogP contribution in [0.1, 0.15) is 6.92 Å². The number of aromatic nitrogens is 2. The Morgan fingerprint density at radius 2 is 2.15 bits per heavy atom. The fourth-order valence-corrected chi connectivity index (χ4v) is 3.16. The van der Waals surface area contributed by atoms with E-state index >= 15 is 0 Å². The van der Waals surface area contributed by atoms with Gasteiger partial charge in [0.2, 0.25) is 5.91 Å². The lowest BCUT2D eigenvalue weighted by Gasteiger charge is -2.31. The molecule has 0 unspecified atom stereocenters. The number of nitrogens with zero attached hydrogens (tertiary/aromatic N) is 4. The van der Waals surface area contributed by atoms with Crippen LogP contribution in [0.2, 0.25) is 0 Å². The predicted octanol–water partition coefficient (Wildman–Crippen LogP) is 1.92. The lowest BCUT2D eigenvalue weighted by Crippen LogP contribution is -2.47. The zero-order chi connectivity index (χ0) is 19.0. The fraction of sp³-hybridized carbons (Fsp3) is 0.278. The van der Waals surface area contributed by atoms with Gasteiger partial charge in [-0.2, -0.15) is 9.97 Å². The van der Waals surface area contributed by atoms with Crippen molar-refractivity contribution in [1.29, 1.82) is 0 Å². The highest BCUT2D eigenvalue weighted by Crippen LogP contribution is 2.40. The highest BCUT2D eigenvalue weighted by molar-refractivity contribution is 5.94. The van der Waals surface area contributed by atoms with Crippen molar-refractivity contribution in [1.82, 2.24) is 15.3 Å². The number of nitrogens with one attached hydrogen (secondary N) is 1. The summed E-state index contributed by atoms with van der Waals surface area (Å²) in [5, 5.41) is 2.67. The molecule has 2 aromatic rings. The third kappa shape index (κ3) is 3.01. The van der Waals surface area contributed by atoms with Gasteiger partial charge in [0, 0.05) is 12.5 Å². The molecule has 0 bridgehead atoms. The molecule has 136 valence electrons. The topological polar surface area (TPSA) is 98.0 Å². The van der Waals surface area contributed by atoms with Crippen molar-refractivity contribution < 1.29 is 19.1 Å². The van der Waals surface area contributed by atoms with Gasteiger partial charge in [0.15, 0.2) is 0 Å². The number of carbonyl (C=O) groups excluding carboxylic acids is 2. The number of cyclic esters (lactones) is 1. The SMILES string of the molecule is [C-]#[N+]c1ncc(-c2ccc3c(c2)OC[C@H]2[C@H](CNC(C)=O)OC(=O)N32)cn1. The number of hydrogen-bond donors (Lipinski definition) is 1. The fourth-order valence-electron chi connectivity index (χ4n) is 3.16. The van der Waals surface area contributed by atoms with Crippen LogP contribution in [-0.2, 0) is 9.53 Å². The molecule has 9 heteroatoms. The van der Waals surface area contributed by atoms with Gasteiger partial charge in [-0.1, -0.05) is 6.07 Å². The maximum Gasteiger partial charge on any atom is 0.415 e. The maximum atomic E-state index is 12.3. The Morgan fingerprint density at radius 3 is 2.85 bits per heavy atom. The van der Waals surface area contributed by atoms with Gasteiger partial charge in [-0.25, -0.2) is 4.79 Å². The molecule has 2 amide bonds. The van der Waals surface area contributed by atoms with Crippen molar-refractivity contribution in [3.63, 3.8) is 0 Å². The van der Waals surface area contributed by atoms with Crippen molar-refractivity contribution in [3.05, 3.63) is 42.0 Å². The number of fused-ring (bicyclic) bond motifs is 3. The maximum absolute atomic E-state index is 12.3. The molecule has 2 aliphatic heterocycles. The van der Waals surface area contributed by atoms with Crippen molar-refractivity contribution in [2.45, 2.75) is 19.1 Å². The number of carbonyl (C=O) groups is 2. The van der Waals surface area contributed by atoms with Crippen molar-refractivity contribution in [2.24, 2.45) is 0 Å². The Kier molecular flexibility index (Phi) is 4.08. The standard InChI is InChI=1S/C18H15N5O4/c1-10(24)20-8-16-14-9-26-15-5-11(12-6-21-17(19-2)22-7-12)3-4-13(15)23(14)18(25)27-16/h3-7,14,16H,8-9H2,1H3,(H,20,24)/t14-,16-/m0/s1. The minimum atomic E-state index is -0.469. The molecule has 2 aliphatic rings. The second kappa shape index (κ2) is 6.57. The van der Waals surface area contributed by atoms with Gasteiger partial charge < -0.3 is 19.6 Å². The number of benzene rings is 1. The van der Waals surface area contributed by atoms with Gasteiger partial charge in [0.25, 0.3) is 0 Å². The Morgan fingerprint density at radius 1 is 1.37 bits per heavy atom. The summed E-state index contributed by atoms with van der Waals surface area (Å²) >= 11 is 0. The quantitative estimate of drug-likeness (QED) is 0.835. The molecule has 1 aromatic carbocycles. The summed E-state index contributed by atoms with van der Waals surface area (Å²) < 4.78 is 11.3. The molecule has 4 rings (SSSR count). The summed E-state index contributed by atoms with van der Waals surface area (Å²) in [5.41, 5.74) is 2.17. The zero-order valence-corrected chi connectivity index (χ0v) is 14.4. The summed E-state index contributed by atoms with van der Waals surface area (Å²) in [6, 6.07) is 5.11. The van der Waals surface area contributed by atoms with Gasteiger partial charge in [-0.15, -0.1) is 6.57 Å². The zero-order valence-electron chi connectivity index (χ0n) is 14.4. The lowest BCUT2D eigenvalue weighted by molar-refractivity contribution is -0.119. The van der Waals surface area contributed by atoms with E-state index in [1.54, 1.807) is 29.4 Å². The second-order valence-electron chi connectivity index (χ2n) is 6.17. The van der Waals surface area contributed by atoms with Crippen LogP contribution in [0.5, 0.6) is 5.75 Å². The minimum absolute atomic E-state index is 0.0841. The molecule has 1 saturated heterocycles. The molecule has 1 N–H and O–H groups in total. The summed E-state index contributed by atoms with van der Waals surface area (Å²) in [5.74, 6) is 0.452. The van der Waals surface area contributed by atoms with Crippen LogP contribution in [0, 0.1) is 6.57 Å². The third-order valence-electron chi connectivity index (χ3n) is 4.46. The minimum Gasteiger partial charge on any atom is -0.489 e. The average molecular weight is 365 g/mol. The van der Waals surface area contributed by atoms with E-state index in [-0.39, 0.29) is 31.0 Å². The van der Waals surface area contributed by atoms with E-state index in [2.05, 4.69) is 20.1 Å². The smallest absolute Gasteiger partial charge is 0.415 e. The van der Waals surface area contributed by atoms with E-state index in [4.69, 9.17) is 16.0 Å². The second-order valence-corrected chi connectivity index (χ2v) is 6.17. The first-order valence-corrected chi connectivity index (χ1v) is 8.28. The molecule has 1 aromatic heterocycles. The number of ether oxygens (including phenoxy) is 2. The Balaban J connectivity index is 1.60. The van der Waals surface area contributed by atoms with Gasteiger partial charge in [0.1, 0.15) is 24.5 Å². The summed E-state index contributed by atoms with van der Waals surface area (Å²) in [6.07, 6.45) is 2.21. The van der Waals surface area contributed by atoms with Gasteiger partial charge >= 0.3 is 12.0 Å². The first-order chi connectivity index (χ1) is 13.1. The van der Waals surface area contributed by atoms with E-state index in [1.807, 2.05) is 6.07 Å². The normalized spacial score (nSPS) is 20.0. The predicted molar refractivity (Wildman–Crippen MR) is 94.4 cm³/mol. The van der Waals surface area contributed by atoms with Crippen LogP contribution in [-0.4, -0.2) is 47.3 Å². The number of rotatable bonds is 3. The van der Waals surface area contributed by atoms with Gasteiger partial charge in [0.05, 0.1) is 24.6 Å². The molecule has 0 spiro atoms. The van der Waals surface area contributed by atoms with Crippen LogP contribution in [0.3, 0.4) is 0 Å². The van der Waals surface area contributed by atoms with Crippen LogP contribution >= 0.6 is 0 Å². The molecule has 27 heavy (non-hydrogen) atoms. The van der Waals surface area contributed by atoms with E-state index < -0.39 is 12.2 Å². The highest BCUT2D eigenvalue weighted by atomic mass is 16.6. The Hall–Kier alpha value is -3.67. The van der Waals surface area contributed by atoms with E-state index in [0.29, 0.717) is 11.4 Å². The van der Waals surface area contributed by atoms with E-state index in [1.165, 1.54) is 6.92 Å². The monoisotopic (exact) mass is 365 g/mol. The van der Waals surface area contributed by atoms with Crippen LogP contribution in [0.4, 0.5) is 16.4 Å². The van der Waals surface area contributed by atoms with Gasteiger partial charge in [-0.3, -0.25) is 9.69 Å². The summed E-state index contributed by atoms with van der Waals surface area (Å²) in [4.78, 5) is 36.1. The third-order valence-corrected chi connectivity index (χ3v) is 4.46. The summed E-state index contributed by atoms with van der Waals surface area (Å²) in [7, 11) is 0. The number of hydrogen-bond acceptors (Lipinski definition) is 6. The first-order valence-electron chi connectivity index (χ1n) is 8.28. The molecule has 0 radical (unpaired) electrons. The molecule has 9 nitrogen and oxygen atoms in total. The van der Waals surface area contributed by atoms with Crippen molar-refractivity contribution in [2.75, 3.05) is 18.1 Å². The summed E-state index contributed by atoms with van der Waals surface area (Å²) in [6.45, 7) is 8.82. The van der Waals surface area contributed by atoms with Crippen molar-refractivity contribution in [3.8, 4) is 16.9 Å². The molecule has 1 fully saturated rings. The largest absolute Gasteiger partial charge is 0.489 e. The molecule has 0 saturated carbocycles. The van der Waals surface area contributed by atoms with Crippen LogP contribution < -0.4 is 15.0 Å². The van der Waals surface area contributed by atoms with Gasteiger partial charge in [-0.05, 0) is 17.7 Å². The van der Waals surface area contributed by atoms with E-state index in [9.17, 15) is 9.59 Å². The van der Waals surface area contributed by atoms with Crippen LogP contribution in [0.15, 0.2) is 30.6 Å². The molecule has 3 heterocycles. The number of anilines is 1. The molecule has 0 aliphatic carbocycles. The lowest BCUT2D eigenvalue weighted by atomic mass is 10.0. The first kappa shape index (κ1) is 16.8. The average Bonchev–Trinajstić information content (AvgIpc) is 3.02. The molecular weight excluding hydrogens is 350 g/mol. The number of amides is 2. The molecule has 2 atom stereocenters.